The molecule has 26 heavy (non-hydrogen) atoms. The number of carbonyl (C=O) groups excluding carboxylic acids is 1. The number of halogens is 1. The maximum absolute atomic E-state index is 13.6. The molecule has 136 valence electrons. The van der Waals surface area contributed by atoms with Crippen LogP contribution in [0.1, 0.15) is 23.7 Å². The van der Waals surface area contributed by atoms with Crippen molar-refractivity contribution < 1.29 is 13.9 Å². The van der Waals surface area contributed by atoms with E-state index in [0.29, 0.717) is 47.6 Å². The van der Waals surface area contributed by atoms with E-state index in [1.54, 1.807) is 36.1 Å². The number of hydrogen-bond donors (Lipinski definition) is 1. The summed E-state index contributed by atoms with van der Waals surface area (Å²) in [6, 6.07) is 7.83. The second-order valence-electron chi connectivity index (χ2n) is 5.88. The molecule has 0 unspecified atom stereocenters. The van der Waals surface area contributed by atoms with Gasteiger partial charge in [-0.25, -0.2) is 9.37 Å². The monoisotopic (exact) mass is 356 g/mol. The molecule has 0 fully saturated rings. The van der Waals surface area contributed by atoms with Crippen LogP contribution in [0, 0.1) is 5.82 Å². The quantitative estimate of drug-likeness (QED) is 0.661. The van der Waals surface area contributed by atoms with E-state index in [1.807, 2.05) is 6.92 Å². The van der Waals surface area contributed by atoms with Gasteiger partial charge in [-0.15, -0.1) is 0 Å². The molecule has 2 heterocycles. The van der Waals surface area contributed by atoms with Crippen LogP contribution in [0.4, 0.5) is 4.39 Å². The van der Waals surface area contributed by atoms with Gasteiger partial charge < -0.3 is 10.1 Å². The number of fused-ring (bicyclic) bond motifs is 1. The Morgan fingerprint density at radius 3 is 2.96 bits per heavy atom. The molecular weight excluding hydrogens is 335 g/mol. The molecule has 0 radical (unpaired) electrons. The Kier molecular flexibility index (Phi) is 5.58. The van der Waals surface area contributed by atoms with Crippen molar-refractivity contribution in [2.24, 2.45) is 7.05 Å². The summed E-state index contributed by atoms with van der Waals surface area (Å²) in [6.45, 7) is 3.70. The molecule has 1 aromatic carbocycles. The van der Waals surface area contributed by atoms with Gasteiger partial charge in [-0.3, -0.25) is 9.48 Å². The normalized spacial score (nSPS) is 11.0. The van der Waals surface area contributed by atoms with E-state index < -0.39 is 0 Å². The second-order valence-corrected chi connectivity index (χ2v) is 5.88. The fourth-order valence-corrected chi connectivity index (χ4v) is 2.71. The van der Waals surface area contributed by atoms with E-state index in [1.165, 1.54) is 12.1 Å². The van der Waals surface area contributed by atoms with Gasteiger partial charge in [0, 0.05) is 32.4 Å². The summed E-state index contributed by atoms with van der Waals surface area (Å²) in [5, 5.41) is 7.75. The van der Waals surface area contributed by atoms with E-state index in [0.717, 1.165) is 6.42 Å². The van der Waals surface area contributed by atoms with Crippen molar-refractivity contribution in [3.8, 4) is 11.3 Å². The number of carbonyl (C=O) groups is 1. The number of pyridine rings is 1. The molecule has 1 amide bonds. The van der Waals surface area contributed by atoms with Crippen molar-refractivity contribution >= 4 is 16.9 Å². The predicted molar refractivity (Wildman–Crippen MR) is 97.3 cm³/mol. The lowest BCUT2D eigenvalue weighted by atomic mass is 10.1. The number of rotatable bonds is 7. The standard InChI is InChI=1S/C19H21FN4O2/c1-3-26-9-5-8-21-19(25)15-11-17(13-6-4-7-14(20)10-13)23-18-16(15)12-22-24(18)2/h4,6-7,10-12H,3,5,8-9H2,1-2H3,(H,21,25). The van der Waals surface area contributed by atoms with Crippen LogP contribution < -0.4 is 5.32 Å². The maximum Gasteiger partial charge on any atom is 0.252 e. The van der Waals surface area contributed by atoms with E-state index in [9.17, 15) is 9.18 Å². The molecule has 3 rings (SSSR count). The van der Waals surface area contributed by atoms with Crippen LogP contribution in [0.2, 0.25) is 0 Å². The van der Waals surface area contributed by atoms with Crippen LogP contribution in [0.15, 0.2) is 36.5 Å². The molecule has 0 saturated carbocycles. The van der Waals surface area contributed by atoms with Crippen molar-refractivity contribution in [2.45, 2.75) is 13.3 Å². The van der Waals surface area contributed by atoms with Gasteiger partial charge in [0.25, 0.3) is 5.91 Å². The predicted octanol–water partition coefficient (Wildman–Crippen LogP) is 2.93. The highest BCUT2D eigenvalue weighted by molar-refractivity contribution is 6.06. The number of aromatic nitrogens is 3. The fourth-order valence-electron chi connectivity index (χ4n) is 2.71. The summed E-state index contributed by atoms with van der Waals surface area (Å²) in [4.78, 5) is 17.2. The summed E-state index contributed by atoms with van der Waals surface area (Å²) in [5.74, 6) is -0.559. The van der Waals surface area contributed by atoms with Gasteiger partial charge in [-0.2, -0.15) is 5.10 Å². The maximum atomic E-state index is 13.6. The topological polar surface area (TPSA) is 69.0 Å². The van der Waals surface area contributed by atoms with Crippen LogP contribution in [0.5, 0.6) is 0 Å². The van der Waals surface area contributed by atoms with Crippen LogP contribution >= 0.6 is 0 Å². The Bertz CT molecular complexity index is 923. The molecular formula is C19H21FN4O2. The number of amides is 1. The molecule has 0 aliphatic rings. The molecule has 0 atom stereocenters. The Morgan fingerprint density at radius 2 is 2.19 bits per heavy atom. The summed E-state index contributed by atoms with van der Waals surface area (Å²) in [7, 11) is 1.76. The first-order chi connectivity index (χ1) is 12.6. The zero-order valence-electron chi connectivity index (χ0n) is 14.8. The first kappa shape index (κ1) is 18.0. The molecule has 7 heteroatoms. The summed E-state index contributed by atoms with van der Waals surface area (Å²) in [6.07, 6.45) is 2.35. The molecule has 0 bridgehead atoms. The van der Waals surface area contributed by atoms with Gasteiger partial charge >= 0.3 is 0 Å². The lowest BCUT2D eigenvalue weighted by Crippen LogP contribution is -2.25. The van der Waals surface area contributed by atoms with Crippen LogP contribution in [0.3, 0.4) is 0 Å². The zero-order valence-corrected chi connectivity index (χ0v) is 14.8. The fraction of sp³-hybridized carbons (Fsp3) is 0.316. The Labute approximate surface area is 151 Å². The third-order valence-electron chi connectivity index (χ3n) is 4.03. The summed E-state index contributed by atoms with van der Waals surface area (Å²) < 4.78 is 20.5. The van der Waals surface area contributed by atoms with Gasteiger partial charge in [0.1, 0.15) is 5.82 Å². The largest absolute Gasteiger partial charge is 0.382 e. The highest BCUT2D eigenvalue weighted by Gasteiger charge is 2.16. The smallest absolute Gasteiger partial charge is 0.252 e. The number of aryl methyl sites for hydroxylation is 1. The highest BCUT2D eigenvalue weighted by Crippen LogP contribution is 2.25. The summed E-state index contributed by atoms with van der Waals surface area (Å²) >= 11 is 0. The number of hydrogen-bond acceptors (Lipinski definition) is 4. The van der Waals surface area contributed by atoms with Crippen LogP contribution in [-0.2, 0) is 11.8 Å². The van der Waals surface area contributed by atoms with Crippen molar-refractivity contribution in [1.29, 1.82) is 0 Å². The Hall–Kier alpha value is -2.80. The number of nitrogens with one attached hydrogen (secondary N) is 1. The molecule has 0 saturated heterocycles. The first-order valence-electron chi connectivity index (χ1n) is 8.54. The van der Waals surface area contributed by atoms with Gasteiger partial charge in [0.2, 0.25) is 0 Å². The lowest BCUT2D eigenvalue weighted by Gasteiger charge is -2.09. The number of benzene rings is 1. The molecule has 3 aromatic rings. The minimum Gasteiger partial charge on any atom is -0.382 e. The minimum atomic E-state index is -0.351. The Morgan fingerprint density at radius 1 is 1.35 bits per heavy atom. The van der Waals surface area contributed by atoms with E-state index >= 15 is 0 Å². The highest BCUT2D eigenvalue weighted by atomic mass is 19.1. The SMILES string of the molecule is CCOCCCNC(=O)c1cc(-c2cccc(F)c2)nc2c1cnn2C. The molecule has 6 nitrogen and oxygen atoms in total. The lowest BCUT2D eigenvalue weighted by molar-refractivity contribution is 0.0946. The van der Waals surface area contributed by atoms with E-state index in [-0.39, 0.29) is 11.7 Å². The van der Waals surface area contributed by atoms with E-state index in [2.05, 4.69) is 15.4 Å². The first-order valence-corrected chi connectivity index (χ1v) is 8.54. The molecule has 1 N–H and O–H groups in total. The number of ether oxygens (including phenoxy) is 1. The van der Waals surface area contributed by atoms with Crippen molar-refractivity contribution in [3.63, 3.8) is 0 Å². The van der Waals surface area contributed by atoms with Crippen LogP contribution in [0.25, 0.3) is 22.3 Å². The molecule has 2 aromatic heterocycles. The van der Waals surface area contributed by atoms with Gasteiger partial charge in [0.15, 0.2) is 5.65 Å². The zero-order chi connectivity index (χ0) is 18.5. The Balaban J connectivity index is 1.92. The molecule has 0 spiro atoms. The average Bonchev–Trinajstić information content (AvgIpc) is 3.02. The van der Waals surface area contributed by atoms with E-state index in [4.69, 9.17) is 4.74 Å². The second kappa shape index (κ2) is 8.05. The average molecular weight is 356 g/mol. The number of nitrogens with zero attached hydrogens (tertiary/aromatic N) is 3. The van der Waals surface area contributed by atoms with Crippen molar-refractivity contribution in [2.75, 3.05) is 19.8 Å². The van der Waals surface area contributed by atoms with Crippen molar-refractivity contribution in [3.05, 3.63) is 47.9 Å². The van der Waals surface area contributed by atoms with Gasteiger partial charge in [0.05, 0.1) is 22.8 Å². The summed E-state index contributed by atoms with van der Waals surface area (Å²) in [5.41, 5.74) is 2.18. The van der Waals surface area contributed by atoms with Gasteiger partial charge in [-0.1, -0.05) is 12.1 Å². The minimum absolute atomic E-state index is 0.209. The third-order valence-corrected chi connectivity index (χ3v) is 4.03. The molecule has 0 aliphatic carbocycles. The van der Waals surface area contributed by atoms with Crippen LogP contribution in [-0.4, -0.2) is 40.4 Å². The van der Waals surface area contributed by atoms with Gasteiger partial charge in [-0.05, 0) is 31.5 Å². The molecule has 0 aliphatic heterocycles. The third kappa shape index (κ3) is 3.88. The van der Waals surface area contributed by atoms with Crippen molar-refractivity contribution in [1.82, 2.24) is 20.1 Å².